The van der Waals surface area contributed by atoms with Crippen LogP contribution in [-0.4, -0.2) is 10.3 Å². The van der Waals surface area contributed by atoms with Crippen molar-refractivity contribution in [2.75, 3.05) is 0 Å². The quantitative estimate of drug-likeness (QED) is 0.240. The van der Waals surface area contributed by atoms with Crippen LogP contribution in [0.2, 0.25) is 0 Å². The monoisotopic (exact) mass is 82.0 g/mol. The van der Waals surface area contributed by atoms with Gasteiger partial charge in [0.05, 0.1) is 0 Å². The predicted octanol–water partition coefficient (Wildman–Crippen LogP) is -0.186. The van der Waals surface area contributed by atoms with Gasteiger partial charge in [0.25, 0.3) is 5.09 Å². The molecule has 0 saturated heterocycles. The Hall–Kier alpha value is -0.840. The molecule has 0 aromatic rings. The van der Waals surface area contributed by atoms with E-state index in [0.717, 1.165) is 0 Å². The van der Waals surface area contributed by atoms with Crippen molar-refractivity contribution in [1.29, 1.82) is 0 Å². The van der Waals surface area contributed by atoms with Gasteiger partial charge in [-0.1, -0.05) is 0 Å². The molecule has 0 unspecified atom stereocenters. The van der Waals surface area contributed by atoms with Crippen molar-refractivity contribution < 1.29 is 10.3 Å². The van der Waals surface area contributed by atoms with Crippen molar-refractivity contribution in [3.05, 3.63) is 10.1 Å². The molecule has 4 N–H and O–H groups in total. The second-order valence-corrected chi connectivity index (χ2v) is 0.238. The number of rotatable bonds is 0. The second kappa shape index (κ2) is 3.16. The SMILES string of the molecule is O=[15N+]([O-])O.[15NH3]. The van der Waals surface area contributed by atoms with E-state index in [1.807, 2.05) is 0 Å². The maximum atomic E-state index is 8.36. The van der Waals surface area contributed by atoms with Crippen LogP contribution in [0.5, 0.6) is 0 Å². The predicted molar refractivity (Wildman–Crippen MR) is 13.8 cm³/mol. The molecule has 5 heavy (non-hydrogen) atoms. The van der Waals surface area contributed by atoms with E-state index in [1.54, 1.807) is 0 Å². The van der Waals surface area contributed by atoms with E-state index in [2.05, 4.69) is 0 Å². The summed E-state index contributed by atoms with van der Waals surface area (Å²) in [6, 6.07) is 0. The molecule has 0 amide bonds. The van der Waals surface area contributed by atoms with E-state index >= 15 is 0 Å². The Bertz CT molecular complexity index is 27.9. The molecule has 0 fully saturated rings. The Labute approximate surface area is 27.9 Å². The molecule has 0 aliphatic heterocycles. The average Bonchev–Trinajstić information content (AvgIpc) is 0.811. The second-order valence-electron chi connectivity index (χ2n) is 0.238. The summed E-state index contributed by atoms with van der Waals surface area (Å²) >= 11 is 0. The zero-order chi connectivity index (χ0) is 3.58. The first kappa shape index (κ1) is 8.90. The lowest BCUT2D eigenvalue weighted by Gasteiger charge is -1.56. The molecule has 0 rings (SSSR count). The highest BCUT2D eigenvalue weighted by Crippen LogP contribution is 1.38. The first-order chi connectivity index (χ1) is 1.73. The van der Waals surface area contributed by atoms with Gasteiger partial charge in [-0.15, -0.1) is 10.1 Å². The van der Waals surface area contributed by atoms with Gasteiger partial charge < -0.3 is 11.4 Å². The third kappa shape index (κ3) is 6.03. The molecule has 0 aliphatic rings. The number of hydrogen-bond donors (Lipinski definition) is 2. The normalized spacial score (nSPS) is 4.80. The summed E-state index contributed by atoms with van der Waals surface area (Å²) in [5.41, 5.74) is 0. The van der Waals surface area contributed by atoms with Crippen LogP contribution in [0.1, 0.15) is 0 Å². The Kier molecular flexibility index (Phi) is 5.63. The Morgan fingerprint density at radius 3 is 1.80 bits per heavy atom. The van der Waals surface area contributed by atoms with Crippen LogP contribution in [0.4, 0.5) is 0 Å². The molecule has 0 spiro atoms. The third-order valence-corrected chi connectivity index (χ3v) is 0. The van der Waals surface area contributed by atoms with Crippen molar-refractivity contribution in [2.24, 2.45) is 0 Å². The molecule has 5 nitrogen and oxygen atoms in total. The van der Waals surface area contributed by atoms with Crippen molar-refractivity contribution in [3.8, 4) is 0 Å². The lowest BCUT2D eigenvalue weighted by Crippen LogP contribution is -1.81. The summed E-state index contributed by atoms with van der Waals surface area (Å²) in [4.78, 5) is 8.36. The van der Waals surface area contributed by atoms with Crippen LogP contribution < -0.4 is 6.15 Å². The smallest absolute Gasteiger partial charge is 0.291 e. The maximum absolute atomic E-state index is 8.36. The molecule has 0 aromatic carbocycles. The van der Waals surface area contributed by atoms with Gasteiger partial charge in [-0.05, 0) is 0 Å². The maximum Gasteiger partial charge on any atom is 0.291 e. The van der Waals surface area contributed by atoms with Crippen molar-refractivity contribution in [3.63, 3.8) is 0 Å². The highest BCUT2D eigenvalue weighted by Gasteiger charge is 1.65. The van der Waals surface area contributed by atoms with Gasteiger partial charge in [-0.3, -0.25) is 0 Å². The van der Waals surface area contributed by atoms with Gasteiger partial charge in [0.2, 0.25) is 0 Å². The summed E-state index contributed by atoms with van der Waals surface area (Å²) in [5.74, 6) is 0. The van der Waals surface area contributed by atoms with E-state index < -0.39 is 5.09 Å². The first-order valence-corrected chi connectivity index (χ1v) is 0.565. The standard InChI is InChI=1S/HNO3.H3N/c2-1(3)4;/h(H,2,3,4);1H3/i2*1+1. The van der Waals surface area contributed by atoms with Gasteiger partial charge >= 0.3 is 0 Å². The number of nitrogens with zero attached hydrogens (tertiary/aromatic N) is 1. The van der Waals surface area contributed by atoms with Gasteiger partial charge in [-0.25, -0.2) is 0 Å². The molecule has 0 aliphatic carbocycles. The molecule has 5 heteroatoms. The highest BCUT2D eigenvalue weighted by atomic mass is 17.2. The summed E-state index contributed by atoms with van der Waals surface area (Å²) in [5, 5.41) is 13.6. The molecule has 0 aromatic heterocycles. The summed E-state index contributed by atoms with van der Waals surface area (Å²) in [7, 11) is 0. The van der Waals surface area contributed by atoms with Crippen LogP contribution in [-0.2, 0) is 0 Å². The fourth-order valence-electron chi connectivity index (χ4n) is 0. The summed E-state index contributed by atoms with van der Waals surface area (Å²) in [6.07, 6.45) is 0. The minimum atomic E-state index is -1.50. The largest absolute Gasteiger partial charge is 0.344 e. The van der Waals surface area contributed by atoms with Crippen LogP contribution >= 0.6 is 0 Å². The van der Waals surface area contributed by atoms with Crippen LogP contribution in [0, 0.1) is 10.1 Å². The Morgan fingerprint density at radius 1 is 1.80 bits per heavy atom. The zero-order valence-electron chi connectivity index (χ0n) is 2.42. The van der Waals surface area contributed by atoms with Crippen molar-refractivity contribution in [1.82, 2.24) is 6.15 Å². The summed E-state index contributed by atoms with van der Waals surface area (Å²) < 4.78 is 0. The Morgan fingerprint density at radius 2 is 1.80 bits per heavy atom. The fourth-order valence-corrected chi connectivity index (χ4v) is 0. The molecule has 0 saturated carbocycles. The molecule has 0 heterocycles. The first-order valence-electron chi connectivity index (χ1n) is 0.565. The molecule has 0 radical (unpaired) electrons. The van der Waals surface area contributed by atoms with Crippen molar-refractivity contribution in [2.45, 2.75) is 0 Å². The van der Waals surface area contributed by atoms with Crippen LogP contribution in [0.3, 0.4) is 0 Å². The van der Waals surface area contributed by atoms with Crippen LogP contribution in [0.25, 0.3) is 0 Å². The van der Waals surface area contributed by atoms with Gasteiger partial charge in [0, 0.05) is 0 Å². The van der Waals surface area contributed by atoms with Gasteiger partial charge in [0.1, 0.15) is 0 Å². The molecule has 32 valence electrons. The molecule has 0 atom stereocenters. The minimum Gasteiger partial charge on any atom is -0.344 e. The fraction of sp³-hybridized carbons (Fsp3) is 0. The van der Waals surface area contributed by atoms with Gasteiger partial charge in [0.15, 0.2) is 0 Å². The average molecular weight is 82.0 g/mol. The van der Waals surface area contributed by atoms with Crippen LogP contribution in [0.15, 0.2) is 0 Å². The van der Waals surface area contributed by atoms with E-state index in [-0.39, 0.29) is 6.15 Å². The molecular formula is H4N2O3. The van der Waals surface area contributed by atoms with E-state index in [1.165, 1.54) is 0 Å². The van der Waals surface area contributed by atoms with E-state index in [4.69, 9.17) is 15.3 Å². The topological polar surface area (TPSA) is 98.4 Å². The van der Waals surface area contributed by atoms with E-state index in [9.17, 15) is 0 Å². The number of hydrogen-bond acceptors (Lipinski definition) is 3. The third-order valence-electron chi connectivity index (χ3n) is 0. The van der Waals surface area contributed by atoms with Gasteiger partial charge in [-0.2, -0.15) is 0 Å². The lowest BCUT2D eigenvalue weighted by molar-refractivity contribution is -0.742. The van der Waals surface area contributed by atoms with Crippen molar-refractivity contribution >= 4 is 0 Å². The Balaban J connectivity index is 0. The lowest BCUT2D eigenvalue weighted by atomic mass is 13.8. The minimum absolute atomic E-state index is 0. The van der Waals surface area contributed by atoms with E-state index in [0.29, 0.717) is 0 Å². The molecule has 0 bridgehead atoms. The molecular weight excluding hydrogens is 78.0 g/mol. The zero-order valence-corrected chi connectivity index (χ0v) is 2.42. The summed E-state index contributed by atoms with van der Waals surface area (Å²) in [6.45, 7) is 0. The highest BCUT2D eigenvalue weighted by molar-refractivity contribution is 3.83.